The first-order chi connectivity index (χ1) is 9.69. The molecule has 2 aromatic rings. The first kappa shape index (κ1) is 14.0. The van der Waals surface area contributed by atoms with Crippen LogP contribution in [0, 0.1) is 0 Å². The van der Waals surface area contributed by atoms with Gasteiger partial charge in [-0.2, -0.15) is 0 Å². The zero-order valence-electron chi connectivity index (χ0n) is 11.5. The second kappa shape index (κ2) is 6.65. The van der Waals surface area contributed by atoms with Crippen molar-refractivity contribution >= 4 is 17.4 Å². The Hall–Kier alpha value is -2.43. The maximum absolute atomic E-state index is 12.0. The van der Waals surface area contributed by atoms with Crippen molar-refractivity contribution in [2.75, 3.05) is 11.1 Å². The summed E-state index contributed by atoms with van der Waals surface area (Å²) >= 11 is 0. The molecule has 0 aliphatic rings. The highest BCUT2D eigenvalue weighted by molar-refractivity contribution is 6.02. The Balaban J connectivity index is 2.01. The van der Waals surface area contributed by atoms with Crippen molar-refractivity contribution in [3.63, 3.8) is 0 Å². The van der Waals surface area contributed by atoms with Gasteiger partial charge in [-0.1, -0.05) is 25.5 Å². The molecule has 0 radical (unpaired) electrons. The van der Waals surface area contributed by atoms with Crippen molar-refractivity contribution in [3.8, 4) is 0 Å². The second-order valence-corrected chi connectivity index (χ2v) is 4.58. The highest BCUT2D eigenvalue weighted by Gasteiger charge is 2.08. The third kappa shape index (κ3) is 3.78. The van der Waals surface area contributed by atoms with E-state index in [0.29, 0.717) is 0 Å². The molecule has 2 rings (SSSR count). The van der Waals surface area contributed by atoms with Gasteiger partial charge in [-0.3, -0.25) is 9.78 Å². The van der Waals surface area contributed by atoms with E-state index in [9.17, 15) is 4.79 Å². The summed E-state index contributed by atoms with van der Waals surface area (Å²) < 4.78 is 0. The van der Waals surface area contributed by atoms with E-state index in [1.807, 2.05) is 24.3 Å². The van der Waals surface area contributed by atoms with Crippen LogP contribution in [-0.4, -0.2) is 15.9 Å². The van der Waals surface area contributed by atoms with Crippen LogP contribution in [0.2, 0.25) is 0 Å². The fourth-order valence-electron chi connectivity index (χ4n) is 1.82. The molecule has 1 aromatic heterocycles. The number of hydrogen-bond acceptors (Lipinski definition) is 4. The molecule has 0 atom stereocenters. The number of nitrogen functional groups attached to an aromatic ring is 1. The average Bonchev–Trinajstić information content (AvgIpc) is 2.46. The van der Waals surface area contributed by atoms with E-state index in [1.54, 1.807) is 0 Å². The maximum Gasteiger partial charge on any atom is 0.275 e. The van der Waals surface area contributed by atoms with Crippen LogP contribution >= 0.6 is 0 Å². The van der Waals surface area contributed by atoms with Gasteiger partial charge in [-0.25, -0.2) is 4.98 Å². The number of benzene rings is 1. The van der Waals surface area contributed by atoms with E-state index in [1.165, 1.54) is 30.8 Å². The minimum atomic E-state index is -0.314. The zero-order valence-corrected chi connectivity index (χ0v) is 11.5. The molecule has 5 heteroatoms. The summed E-state index contributed by atoms with van der Waals surface area (Å²) in [5.41, 5.74) is 7.72. The van der Waals surface area contributed by atoms with Crippen molar-refractivity contribution in [2.24, 2.45) is 0 Å². The van der Waals surface area contributed by atoms with Gasteiger partial charge in [0.2, 0.25) is 0 Å². The fraction of sp³-hybridized carbons (Fsp3) is 0.267. The van der Waals surface area contributed by atoms with Crippen LogP contribution in [0.3, 0.4) is 0 Å². The van der Waals surface area contributed by atoms with Gasteiger partial charge >= 0.3 is 0 Å². The number of aryl methyl sites for hydroxylation is 1. The molecule has 1 heterocycles. The van der Waals surface area contributed by atoms with E-state index < -0.39 is 0 Å². The number of carbonyl (C=O) groups excluding carboxylic acids is 1. The monoisotopic (exact) mass is 270 g/mol. The van der Waals surface area contributed by atoms with Crippen LogP contribution in [0.1, 0.15) is 35.8 Å². The lowest BCUT2D eigenvalue weighted by molar-refractivity contribution is 0.102. The Morgan fingerprint density at radius 1 is 1.25 bits per heavy atom. The Kier molecular flexibility index (Phi) is 4.65. The molecule has 104 valence electrons. The Morgan fingerprint density at radius 2 is 2.00 bits per heavy atom. The number of rotatable bonds is 5. The highest BCUT2D eigenvalue weighted by Crippen LogP contribution is 2.12. The SMILES string of the molecule is CCCCc1ccc(NC(=O)c2cncc(N)n2)cc1. The molecule has 0 fully saturated rings. The first-order valence-corrected chi connectivity index (χ1v) is 6.67. The van der Waals surface area contributed by atoms with Crippen molar-refractivity contribution in [3.05, 3.63) is 47.9 Å². The minimum absolute atomic E-state index is 0.208. The molecule has 5 nitrogen and oxygen atoms in total. The van der Waals surface area contributed by atoms with Gasteiger partial charge in [0.15, 0.2) is 0 Å². The van der Waals surface area contributed by atoms with Crippen LogP contribution in [0.25, 0.3) is 0 Å². The largest absolute Gasteiger partial charge is 0.382 e. The van der Waals surface area contributed by atoms with Gasteiger partial charge < -0.3 is 11.1 Å². The van der Waals surface area contributed by atoms with E-state index in [4.69, 9.17) is 5.73 Å². The number of hydrogen-bond donors (Lipinski definition) is 2. The van der Waals surface area contributed by atoms with Gasteiger partial charge in [0, 0.05) is 5.69 Å². The Morgan fingerprint density at radius 3 is 2.65 bits per heavy atom. The lowest BCUT2D eigenvalue weighted by Crippen LogP contribution is -2.14. The summed E-state index contributed by atoms with van der Waals surface area (Å²) in [6.45, 7) is 2.17. The predicted molar refractivity (Wildman–Crippen MR) is 79.5 cm³/mol. The zero-order chi connectivity index (χ0) is 14.4. The molecule has 0 aliphatic heterocycles. The first-order valence-electron chi connectivity index (χ1n) is 6.67. The van der Waals surface area contributed by atoms with Crippen molar-refractivity contribution < 1.29 is 4.79 Å². The highest BCUT2D eigenvalue weighted by atomic mass is 16.1. The number of unbranched alkanes of at least 4 members (excludes halogenated alkanes) is 1. The van der Waals surface area contributed by atoms with Crippen LogP contribution in [0.5, 0.6) is 0 Å². The summed E-state index contributed by atoms with van der Waals surface area (Å²) in [7, 11) is 0. The summed E-state index contributed by atoms with van der Waals surface area (Å²) in [6.07, 6.45) is 6.20. The molecule has 0 aliphatic carbocycles. The van der Waals surface area contributed by atoms with E-state index >= 15 is 0 Å². The van der Waals surface area contributed by atoms with Crippen LogP contribution < -0.4 is 11.1 Å². The van der Waals surface area contributed by atoms with Gasteiger partial charge in [-0.15, -0.1) is 0 Å². The molecule has 20 heavy (non-hydrogen) atoms. The number of carbonyl (C=O) groups is 1. The Labute approximate surface area is 118 Å². The van der Waals surface area contributed by atoms with Gasteiger partial charge in [0.05, 0.1) is 12.4 Å². The molecule has 0 unspecified atom stereocenters. The lowest BCUT2D eigenvalue weighted by atomic mass is 10.1. The molecule has 0 saturated carbocycles. The van der Waals surface area contributed by atoms with Crippen LogP contribution in [0.4, 0.5) is 11.5 Å². The van der Waals surface area contributed by atoms with Crippen molar-refractivity contribution in [1.29, 1.82) is 0 Å². The summed E-state index contributed by atoms with van der Waals surface area (Å²) in [5, 5.41) is 2.77. The smallest absolute Gasteiger partial charge is 0.275 e. The Bertz CT molecular complexity index is 581. The van der Waals surface area contributed by atoms with Crippen molar-refractivity contribution in [2.45, 2.75) is 26.2 Å². The second-order valence-electron chi connectivity index (χ2n) is 4.58. The third-order valence-electron chi connectivity index (χ3n) is 2.92. The average molecular weight is 270 g/mol. The molecular formula is C15H18N4O. The molecule has 1 amide bonds. The number of amides is 1. The topological polar surface area (TPSA) is 80.9 Å². The number of anilines is 2. The molecular weight excluding hydrogens is 252 g/mol. The quantitative estimate of drug-likeness (QED) is 0.875. The number of nitrogens with zero attached hydrogens (tertiary/aromatic N) is 2. The summed E-state index contributed by atoms with van der Waals surface area (Å²) in [5.74, 6) is -0.0846. The fourth-order valence-corrected chi connectivity index (χ4v) is 1.82. The number of nitrogens with two attached hydrogens (primary N) is 1. The van der Waals surface area contributed by atoms with Gasteiger partial charge in [0.25, 0.3) is 5.91 Å². The van der Waals surface area contributed by atoms with Gasteiger partial charge in [0.1, 0.15) is 11.5 Å². The number of nitrogens with one attached hydrogen (secondary N) is 1. The number of aromatic nitrogens is 2. The van der Waals surface area contributed by atoms with Crippen LogP contribution in [-0.2, 0) is 6.42 Å². The normalized spacial score (nSPS) is 10.2. The molecule has 3 N–H and O–H groups in total. The molecule has 0 bridgehead atoms. The minimum Gasteiger partial charge on any atom is -0.382 e. The van der Waals surface area contributed by atoms with Crippen molar-refractivity contribution in [1.82, 2.24) is 9.97 Å². The molecule has 0 spiro atoms. The lowest BCUT2D eigenvalue weighted by Gasteiger charge is -2.06. The third-order valence-corrected chi connectivity index (χ3v) is 2.92. The molecule has 1 aromatic carbocycles. The van der Waals surface area contributed by atoms with E-state index in [-0.39, 0.29) is 17.4 Å². The van der Waals surface area contributed by atoms with Gasteiger partial charge in [-0.05, 0) is 30.5 Å². The summed E-state index contributed by atoms with van der Waals surface area (Å²) in [4.78, 5) is 19.7. The van der Waals surface area contributed by atoms with E-state index in [2.05, 4.69) is 22.2 Å². The maximum atomic E-state index is 12.0. The van der Waals surface area contributed by atoms with Crippen LogP contribution in [0.15, 0.2) is 36.7 Å². The standard InChI is InChI=1S/C15H18N4O/c1-2-3-4-11-5-7-12(8-6-11)18-15(20)13-9-17-10-14(16)19-13/h5-10H,2-4H2,1H3,(H2,16,19)(H,18,20). The summed E-state index contributed by atoms with van der Waals surface area (Å²) in [6, 6.07) is 7.83. The molecule has 0 saturated heterocycles. The van der Waals surface area contributed by atoms with E-state index in [0.717, 1.165) is 12.1 Å². The predicted octanol–water partition coefficient (Wildman–Crippen LogP) is 2.65.